The van der Waals surface area contributed by atoms with Crippen LogP contribution in [0, 0.1) is 0 Å². The number of ether oxygens (including phenoxy) is 1. The molecule has 0 aliphatic carbocycles. The molecule has 0 aliphatic heterocycles. The molecule has 0 unspecified atom stereocenters. The van der Waals surface area contributed by atoms with E-state index in [1.54, 1.807) is 35.2 Å². The molecule has 31 heavy (non-hydrogen) atoms. The van der Waals surface area contributed by atoms with Gasteiger partial charge in [-0.3, -0.25) is 4.57 Å². The Kier molecular flexibility index (Phi) is 6.71. The van der Waals surface area contributed by atoms with Gasteiger partial charge in [0.2, 0.25) is 10.0 Å². The summed E-state index contributed by atoms with van der Waals surface area (Å²) in [4.78, 5) is 1.29. The van der Waals surface area contributed by atoms with Crippen LogP contribution in [-0.2, 0) is 16.4 Å². The fourth-order valence-electron chi connectivity index (χ4n) is 2.93. The van der Waals surface area contributed by atoms with Gasteiger partial charge in [0.25, 0.3) is 0 Å². The van der Waals surface area contributed by atoms with E-state index in [0.717, 1.165) is 16.7 Å². The number of nitrogens with zero attached hydrogens (tertiary/aromatic N) is 3. The van der Waals surface area contributed by atoms with E-state index in [2.05, 4.69) is 26.2 Å². The van der Waals surface area contributed by atoms with Crippen molar-refractivity contribution >= 4 is 33.1 Å². The average Bonchev–Trinajstić information content (AvgIpc) is 3.42. The fourth-order valence-corrected chi connectivity index (χ4v) is 4.94. The average molecular weight is 473 g/mol. The maximum atomic E-state index is 11.3. The van der Waals surface area contributed by atoms with Crippen LogP contribution in [0.3, 0.4) is 0 Å². The maximum Gasteiger partial charge on any atom is 0.238 e. The molecule has 0 bridgehead atoms. The Labute approximate surface area is 189 Å². The summed E-state index contributed by atoms with van der Waals surface area (Å²) in [6.07, 6.45) is 0.715. The number of nitrogens with two attached hydrogens (primary N) is 1. The predicted octanol–water partition coefficient (Wildman–Crippen LogP) is 3.74. The monoisotopic (exact) mass is 472 g/mol. The molecule has 0 saturated carbocycles. The molecule has 10 heteroatoms. The van der Waals surface area contributed by atoms with Gasteiger partial charge in [0.05, 0.1) is 11.5 Å². The third-order valence-electron chi connectivity index (χ3n) is 4.36. The quantitative estimate of drug-likeness (QED) is 0.294. The number of aromatic nitrogens is 3. The number of hydrogen-bond acceptors (Lipinski definition) is 7. The van der Waals surface area contributed by atoms with Gasteiger partial charge in [-0.25, -0.2) is 13.6 Å². The normalized spacial score (nSPS) is 11.5. The summed E-state index contributed by atoms with van der Waals surface area (Å²) in [6, 6.07) is 20.2. The molecular formula is C21H20N4O3S3. The van der Waals surface area contributed by atoms with Crippen molar-refractivity contribution in [2.75, 3.05) is 12.4 Å². The molecule has 0 amide bonds. The van der Waals surface area contributed by atoms with Crippen molar-refractivity contribution in [3.63, 3.8) is 0 Å². The third-order valence-corrected chi connectivity index (χ3v) is 7.06. The summed E-state index contributed by atoms with van der Waals surface area (Å²) >= 11 is 3.25. The van der Waals surface area contributed by atoms with Gasteiger partial charge in [-0.1, -0.05) is 36.0 Å². The summed E-state index contributed by atoms with van der Waals surface area (Å²) in [5.41, 5.74) is 1.01. The van der Waals surface area contributed by atoms with Crippen molar-refractivity contribution in [1.29, 1.82) is 0 Å². The summed E-state index contributed by atoms with van der Waals surface area (Å²) in [7, 11) is -3.71. The van der Waals surface area contributed by atoms with Crippen LogP contribution in [0.5, 0.6) is 5.75 Å². The first-order valence-electron chi connectivity index (χ1n) is 9.41. The van der Waals surface area contributed by atoms with Gasteiger partial charge < -0.3 is 4.74 Å². The summed E-state index contributed by atoms with van der Waals surface area (Å²) in [5, 5.41) is 16.8. The molecular weight excluding hydrogens is 452 g/mol. The first-order chi connectivity index (χ1) is 15.0. The van der Waals surface area contributed by atoms with Crippen LogP contribution in [0.2, 0.25) is 0 Å². The van der Waals surface area contributed by atoms with Crippen molar-refractivity contribution in [1.82, 2.24) is 14.8 Å². The van der Waals surface area contributed by atoms with Crippen LogP contribution < -0.4 is 9.88 Å². The first-order valence-corrected chi connectivity index (χ1v) is 12.8. The second-order valence-corrected chi connectivity index (χ2v) is 10.2. The lowest BCUT2D eigenvalue weighted by molar-refractivity contribution is 0.343. The van der Waals surface area contributed by atoms with Crippen LogP contribution >= 0.6 is 23.1 Å². The molecule has 0 aliphatic rings. The van der Waals surface area contributed by atoms with Crippen LogP contribution in [0.15, 0.2) is 82.2 Å². The number of sulfonamides is 1. The van der Waals surface area contributed by atoms with E-state index in [1.165, 1.54) is 17.0 Å². The number of hydrogen-bond donors (Lipinski definition) is 1. The van der Waals surface area contributed by atoms with Crippen LogP contribution in [0.1, 0.15) is 10.7 Å². The minimum atomic E-state index is -3.71. The number of thioether (sulfide) groups is 1. The standard InChI is InChI=1S/C21H20N4O3S3/c22-31(26,27)19-10-8-17(9-11-19)28-12-14-30-21-24-23-20(15-18-7-4-13-29-18)25(21)16-5-2-1-3-6-16/h1-11,13H,12,14-15H2,(H2,22,26,27). The molecule has 7 nitrogen and oxygen atoms in total. The third kappa shape index (κ3) is 5.53. The number of benzene rings is 2. The zero-order valence-electron chi connectivity index (χ0n) is 16.4. The van der Waals surface area contributed by atoms with E-state index in [1.807, 2.05) is 36.4 Å². The fraction of sp³-hybridized carbons (Fsp3) is 0.143. The molecule has 2 N–H and O–H groups in total. The van der Waals surface area contributed by atoms with E-state index < -0.39 is 10.0 Å². The Morgan fingerprint density at radius 3 is 2.45 bits per heavy atom. The Morgan fingerprint density at radius 2 is 1.77 bits per heavy atom. The minimum absolute atomic E-state index is 0.0588. The maximum absolute atomic E-state index is 11.3. The van der Waals surface area contributed by atoms with Gasteiger partial charge in [-0.15, -0.1) is 21.5 Å². The second-order valence-electron chi connectivity index (χ2n) is 6.54. The highest BCUT2D eigenvalue weighted by atomic mass is 32.2. The number of primary sulfonamides is 1. The second kappa shape index (κ2) is 9.65. The molecule has 2 heterocycles. The zero-order valence-corrected chi connectivity index (χ0v) is 18.9. The van der Waals surface area contributed by atoms with Gasteiger partial charge >= 0.3 is 0 Å². The lowest BCUT2D eigenvalue weighted by atomic mass is 10.3. The number of thiophene rings is 1. The summed E-state index contributed by atoms with van der Waals surface area (Å²) < 4.78 is 30.5. The highest BCUT2D eigenvalue weighted by molar-refractivity contribution is 7.99. The van der Waals surface area contributed by atoms with Gasteiger partial charge in [-0.05, 0) is 47.8 Å². The van der Waals surface area contributed by atoms with Gasteiger partial charge in [0.15, 0.2) is 5.16 Å². The van der Waals surface area contributed by atoms with Crippen molar-refractivity contribution in [2.45, 2.75) is 16.5 Å². The van der Waals surface area contributed by atoms with Crippen LogP contribution in [0.4, 0.5) is 0 Å². The van der Waals surface area contributed by atoms with Crippen molar-refractivity contribution in [3.8, 4) is 11.4 Å². The van der Waals surface area contributed by atoms with Gasteiger partial charge in [0.1, 0.15) is 11.6 Å². The Bertz CT molecular complexity index is 1220. The topological polar surface area (TPSA) is 100 Å². The lowest BCUT2D eigenvalue weighted by Crippen LogP contribution is -2.11. The molecule has 0 spiro atoms. The summed E-state index contributed by atoms with van der Waals surface area (Å²) in [5.74, 6) is 2.12. The molecule has 0 atom stereocenters. The van der Waals surface area contributed by atoms with Crippen molar-refractivity contribution in [3.05, 3.63) is 82.8 Å². The molecule has 0 radical (unpaired) electrons. The molecule has 2 aromatic carbocycles. The lowest BCUT2D eigenvalue weighted by Gasteiger charge is -2.10. The Balaban J connectivity index is 1.43. The highest BCUT2D eigenvalue weighted by Gasteiger charge is 2.15. The SMILES string of the molecule is NS(=O)(=O)c1ccc(OCCSc2nnc(Cc3cccs3)n2-c2ccccc2)cc1. The van der Waals surface area contributed by atoms with E-state index in [0.29, 0.717) is 24.5 Å². The predicted molar refractivity (Wildman–Crippen MR) is 123 cm³/mol. The summed E-state index contributed by atoms with van der Waals surface area (Å²) in [6.45, 7) is 0.432. The Morgan fingerprint density at radius 1 is 1.00 bits per heavy atom. The van der Waals surface area contributed by atoms with E-state index in [9.17, 15) is 8.42 Å². The first kappa shape index (κ1) is 21.6. The van der Waals surface area contributed by atoms with Crippen molar-refractivity contribution in [2.24, 2.45) is 5.14 Å². The largest absolute Gasteiger partial charge is 0.493 e. The zero-order chi connectivity index (χ0) is 21.7. The Hall–Kier alpha value is -2.66. The van der Waals surface area contributed by atoms with Crippen molar-refractivity contribution < 1.29 is 13.2 Å². The van der Waals surface area contributed by atoms with Gasteiger partial charge in [-0.2, -0.15) is 0 Å². The van der Waals surface area contributed by atoms with Crippen LogP contribution in [-0.4, -0.2) is 35.5 Å². The molecule has 0 fully saturated rings. The molecule has 4 rings (SSSR count). The van der Waals surface area contributed by atoms with E-state index >= 15 is 0 Å². The molecule has 4 aromatic rings. The number of para-hydroxylation sites is 1. The molecule has 0 saturated heterocycles. The van der Waals surface area contributed by atoms with Gasteiger partial charge in [0, 0.05) is 22.7 Å². The van der Waals surface area contributed by atoms with E-state index in [-0.39, 0.29) is 4.90 Å². The van der Waals surface area contributed by atoms with Crippen LogP contribution in [0.25, 0.3) is 5.69 Å². The molecule has 160 valence electrons. The van der Waals surface area contributed by atoms with E-state index in [4.69, 9.17) is 9.88 Å². The number of rotatable bonds is 9. The smallest absolute Gasteiger partial charge is 0.238 e. The molecule has 2 aromatic heterocycles. The highest BCUT2D eigenvalue weighted by Crippen LogP contribution is 2.25. The minimum Gasteiger partial charge on any atom is -0.493 e.